The molecule has 1 aromatic rings. The SMILES string of the molecule is COCCOCCO[Si](C)(C)OCc1cccnc1. The highest BCUT2D eigenvalue weighted by molar-refractivity contribution is 6.64. The molecule has 0 spiro atoms. The third-order valence-electron chi connectivity index (χ3n) is 2.42. The number of hydrogen-bond donors (Lipinski definition) is 0. The van der Waals surface area contributed by atoms with E-state index in [0.29, 0.717) is 33.0 Å². The van der Waals surface area contributed by atoms with Crippen LogP contribution in [0.1, 0.15) is 5.56 Å². The first-order valence-corrected chi connectivity index (χ1v) is 9.19. The quantitative estimate of drug-likeness (QED) is 0.486. The van der Waals surface area contributed by atoms with Gasteiger partial charge in [0.15, 0.2) is 0 Å². The minimum Gasteiger partial charge on any atom is -0.392 e. The lowest BCUT2D eigenvalue weighted by Crippen LogP contribution is -2.35. The Morgan fingerprint density at radius 3 is 2.58 bits per heavy atom. The zero-order valence-electron chi connectivity index (χ0n) is 11.9. The highest BCUT2D eigenvalue weighted by Crippen LogP contribution is 2.10. The Labute approximate surface area is 116 Å². The molecule has 0 amide bonds. The van der Waals surface area contributed by atoms with Gasteiger partial charge in [0.05, 0.1) is 33.0 Å². The molecule has 0 aliphatic heterocycles. The molecule has 0 unspecified atom stereocenters. The van der Waals surface area contributed by atoms with Crippen LogP contribution >= 0.6 is 0 Å². The molecule has 0 saturated carbocycles. The lowest BCUT2D eigenvalue weighted by molar-refractivity contribution is 0.0453. The Morgan fingerprint density at radius 2 is 1.89 bits per heavy atom. The second-order valence-corrected chi connectivity index (χ2v) is 7.88. The smallest absolute Gasteiger partial charge is 0.332 e. The fourth-order valence-electron chi connectivity index (χ4n) is 1.37. The molecule has 5 nitrogen and oxygen atoms in total. The van der Waals surface area contributed by atoms with Gasteiger partial charge in [-0.3, -0.25) is 4.98 Å². The van der Waals surface area contributed by atoms with Crippen molar-refractivity contribution in [3.05, 3.63) is 30.1 Å². The fraction of sp³-hybridized carbons (Fsp3) is 0.615. The Balaban J connectivity index is 2.13. The number of nitrogens with zero attached hydrogens (tertiary/aromatic N) is 1. The lowest BCUT2D eigenvalue weighted by Gasteiger charge is -2.22. The van der Waals surface area contributed by atoms with Gasteiger partial charge in [-0.2, -0.15) is 0 Å². The monoisotopic (exact) mass is 285 g/mol. The summed E-state index contributed by atoms with van der Waals surface area (Å²) in [4.78, 5) is 4.05. The van der Waals surface area contributed by atoms with Crippen molar-refractivity contribution in [2.75, 3.05) is 33.5 Å². The standard InChI is InChI=1S/C13H23NO4Si/c1-15-7-8-16-9-10-17-19(2,3)18-12-13-5-4-6-14-11-13/h4-6,11H,7-10,12H2,1-3H3. The van der Waals surface area contributed by atoms with Crippen LogP contribution in [0.4, 0.5) is 0 Å². The number of pyridine rings is 1. The molecule has 0 aliphatic rings. The third kappa shape index (κ3) is 8.07. The van der Waals surface area contributed by atoms with Crippen LogP contribution in [0.3, 0.4) is 0 Å². The van der Waals surface area contributed by atoms with Crippen LogP contribution in [0.5, 0.6) is 0 Å². The van der Waals surface area contributed by atoms with E-state index in [9.17, 15) is 0 Å². The summed E-state index contributed by atoms with van der Waals surface area (Å²) in [5, 5.41) is 0. The maximum atomic E-state index is 5.84. The Hall–Kier alpha value is -0.793. The van der Waals surface area contributed by atoms with E-state index in [4.69, 9.17) is 18.3 Å². The summed E-state index contributed by atoms with van der Waals surface area (Å²) in [7, 11) is -0.439. The first kappa shape index (κ1) is 16.3. The second-order valence-electron chi connectivity index (χ2n) is 4.50. The van der Waals surface area contributed by atoms with Crippen LogP contribution in [0.2, 0.25) is 13.1 Å². The van der Waals surface area contributed by atoms with Gasteiger partial charge in [0.2, 0.25) is 0 Å². The molecule has 1 aromatic heterocycles. The summed E-state index contributed by atoms with van der Waals surface area (Å²) >= 11 is 0. The molecular weight excluding hydrogens is 262 g/mol. The van der Waals surface area contributed by atoms with Crippen molar-refractivity contribution in [3.8, 4) is 0 Å². The normalized spacial score (nSPS) is 11.7. The zero-order chi connectivity index (χ0) is 14.0. The van der Waals surface area contributed by atoms with Crippen molar-refractivity contribution in [1.29, 1.82) is 0 Å². The summed E-state index contributed by atoms with van der Waals surface area (Å²) in [5.41, 5.74) is 1.06. The molecule has 1 heterocycles. The summed E-state index contributed by atoms with van der Waals surface area (Å²) in [6.45, 7) is 6.91. The van der Waals surface area contributed by atoms with Gasteiger partial charge in [-0.25, -0.2) is 0 Å². The van der Waals surface area contributed by atoms with E-state index < -0.39 is 8.56 Å². The average Bonchev–Trinajstić information content (AvgIpc) is 2.42. The van der Waals surface area contributed by atoms with E-state index in [2.05, 4.69) is 4.98 Å². The topological polar surface area (TPSA) is 49.8 Å². The molecule has 0 atom stereocenters. The first-order valence-electron chi connectivity index (χ1n) is 6.37. The molecule has 0 aromatic carbocycles. The lowest BCUT2D eigenvalue weighted by atomic mass is 10.3. The molecule has 0 N–H and O–H groups in total. The molecule has 0 bridgehead atoms. The van der Waals surface area contributed by atoms with Crippen LogP contribution < -0.4 is 0 Å². The van der Waals surface area contributed by atoms with Crippen LogP contribution in [-0.2, 0) is 24.9 Å². The fourth-order valence-corrected chi connectivity index (χ4v) is 2.55. The number of hydrogen-bond acceptors (Lipinski definition) is 5. The number of methoxy groups -OCH3 is 1. The molecule has 19 heavy (non-hydrogen) atoms. The van der Waals surface area contributed by atoms with E-state index in [-0.39, 0.29) is 0 Å². The van der Waals surface area contributed by atoms with Gasteiger partial charge >= 0.3 is 8.56 Å². The van der Waals surface area contributed by atoms with Gasteiger partial charge < -0.3 is 18.3 Å². The highest BCUT2D eigenvalue weighted by Gasteiger charge is 2.24. The van der Waals surface area contributed by atoms with Gasteiger partial charge in [0, 0.05) is 19.5 Å². The van der Waals surface area contributed by atoms with Crippen molar-refractivity contribution in [3.63, 3.8) is 0 Å². The average molecular weight is 285 g/mol. The number of ether oxygens (including phenoxy) is 2. The largest absolute Gasteiger partial charge is 0.392 e. The van der Waals surface area contributed by atoms with Crippen molar-refractivity contribution in [2.45, 2.75) is 19.7 Å². The molecule has 108 valence electrons. The van der Waals surface area contributed by atoms with Crippen LogP contribution in [-0.4, -0.2) is 47.1 Å². The minimum atomic E-state index is -2.09. The van der Waals surface area contributed by atoms with E-state index >= 15 is 0 Å². The maximum Gasteiger partial charge on any atom is 0.332 e. The van der Waals surface area contributed by atoms with E-state index in [1.54, 1.807) is 19.5 Å². The molecule has 0 radical (unpaired) electrons. The minimum absolute atomic E-state index is 0.539. The highest BCUT2D eigenvalue weighted by atomic mass is 28.4. The summed E-state index contributed by atoms with van der Waals surface area (Å²) in [5.74, 6) is 0. The Bertz CT molecular complexity index is 335. The number of aromatic nitrogens is 1. The Kier molecular flexibility index (Phi) is 7.84. The first-order chi connectivity index (χ1) is 9.14. The second kappa shape index (κ2) is 9.16. The van der Waals surface area contributed by atoms with Gasteiger partial charge in [0.1, 0.15) is 0 Å². The third-order valence-corrected chi connectivity index (χ3v) is 4.16. The van der Waals surface area contributed by atoms with E-state index in [1.807, 2.05) is 25.2 Å². The van der Waals surface area contributed by atoms with Crippen LogP contribution in [0.15, 0.2) is 24.5 Å². The van der Waals surface area contributed by atoms with Gasteiger partial charge in [-0.1, -0.05) is 6.07 Å². The van der Waals surface area contributed by atoms with E-state index in [0.717, 1.165) is 5.56 Å². The maximum absolute atomic E-state index is 5.84. The summed E-state index contributed by atoms with van der Waals surface area (Å²) < 4.78 is 21.8. The van der Waals surface area contributed by atoms with Gasteiger partial charge in [-0.05, 0) is 24.7 Å². The van der Waals surface area contributed by atoms with Crippen molar-refractivity contribution in [1.82, 2.24) is 4.98 Å². The summed E-state index contributed by atoms with van der Waals surface area (Å²) in [6.07, 6.45) is 3.55. The van der Waals surface area contributed by atoms with Crippen molar-refractivity contribution < 1.29 is 18.3 Å². The molecule has 1 rings (SSSR count). The van der Waals surface area contributed by atoms with Crippen LogP contribution in [0, 0.1) is 0 Å². The Morgan fingerprint density at radius 1 is 1.11 bits per heavy atom. The molecule has 0 aliphatic carbocycles. The zero-order valence-corrected chi connectivity index (χ0v) is 12.9. The van der Waals surface area contributed by atoms with Crippen molar-refractivity contribution >= 4 is 8.56 Å². The van der Waals surface area contributed by atoms with E-state index in [1.165, 1.54) is 0 Å². The molecule has 0 fully saturated rings. The molecule has 6 heteroatoms. The summed E-state index contributed by atoms with van der Waals surface area (Å²) in [6, 6.07) is 3.89. The molecule has 0 saturated heterocycles. The van der Waals surface area contributed by atoms with Gasteiger partial charge in [0.25, 0.3) is 0 Å². The van der Waals surface area contributed by atoms with Gasteiger partial charge in [-0.15, -0.1) is 0 Å². The predicted molar refractivity (Wildman–Crippen MR) is 75.2 cm³/mol. The number of rotatable bonds is 10. The predicted octanol–water partition coefficient (Wildman–Crippen LogP) is 1.98. The molecular formula is C13H23NO4Si. The van der Waals surface area contributed by atoms with Crippen molar-refractivity contribution in [2.24, 2.45) is 0 Å². The van der Waals surface area contributed by atoms with Crippen LogP contribution in [0.25, 0.3) is 0 Å².